The first-order valence-corrected chi connectivity index (χ1v) is 9.71. The molecular formula is C20H29N3O3. The van der Waals surface area contributed by atoms with Gasteiger partial charge in [-0.1, -0.05) is 18.6 Å². The Labute approximate surface area is 155 Å². The third-order valence-corrected chi connectivity index (χ3v) is 5.14. The van der Waals surface area contributed by atoms with E-state index >= 15 is 0 Å². The van der Waals surface area contributed by atoms with Crippen LogP contribution in [-0.2, 0) is 9.59 Å². The molecule has 2 fully saturated rings. The molecular weight excluding hydrogens is 330 g/mol. The Hall–Kier alpha value is -2.24. The van der Waals surface area contributed by atoms with Crippen LogP contribution in [-0.4, -0.2) is 67.5 Å². The zero-order chi connectivity index (χ0) is 18.4. The van der Waals surface area contributed by atoms with Gasteiger partial charge in [0.25, 0.3) is 0 Å². The molecule has 142 valence electrons. The molecule has 6 heteroatoms. The predicted octanol–water partition coefficient (Wildman–Crippen LogP) is 2.14. The van der Waals surface area contributed by atoms with Crippen molar-refractivity contribution in [2.45, 2.75) is 32.6 Å². The Morgan fingerprint density at radius 2 is 1.81 bits per heavy atom. The summed E-state index contributed by atoms with van der Waals surface area (Å²) in [5.74, 6) is 1.09. The molecule has 2 aliphatic heterocycles. The van der Waals surface area contributed by atoms with E-state index in [4.69, 9.17) is 4.74 Å². The number of piperazine rings is 1. The lowest BCUT2D eigenvalue weighted by atomic mass is 10.2. The van der Waals surface area contributed by atoms with Gasteiger partial charge in [-0.2, -0.15) is 0 Å². The Morgan fingerprint density at radius 1 is 1.04 bits per heavy atom. The van der Waals surface area contributed by atoms with Crippen LogP contribution in [0.5, 0.6) is 5.75 Å². The fourth-order valence-electron chi connectivity index (χ4n) is 3.66. The first-order chi connectivity index (χ1) is 12.7. The fourth-order valence-corrected chi connectivity index (χ4v) is 3.66. The zero-order valence-electron chi connectivity index (χ0n) is 15.7. The summed E-state index contributed by atoms with van der Waals surface area (Å²) in [7, 11) is 0. The summed E-state index contributed by atoms with van der Waals surface area (Å²) in [6.45, 7) is 6.49. The molecule has 2 aliphatic rings. The van der Waals surface area contributed by atoms with Crippen molar-refractivity contribution in [3.63, 3.8) is 0 Å². The second-order valence-corrected chi connectivity index (χ2v) is 6.89. The van der Waals surface area contributed by atoms with Gasteiger partial charge in [0.2, 0.25) is 11.8 Å². The zero-order valence-corrected chi connectivity index (χ0v) is 15.7. The topological polar surface area (TPSA) is 53.1 Å². The highest BCUT2D eigenvalue weighted by molar-refractivity contribution is 5.85. The van der Waals surface area contributed by atoms with E-state index in [0.29, 0.717) is 32.7 Å². The number of anilines is 1. The normalized spacial score (nSPS) is 18.7. The van der Waals surface area contributed by atoms with Crippen molar-refractivity contribution in [3.8, 4) is 5.75 Å². The molecule has 0 N–H and O–H groups in total. The smallest absolute Gasteiger partial charge is 0.242 e. The van der Waals surface area contributed by atoms with Gasteiger partial charge >= 0.3 is 0 Å². The monoisotopic (exact) mass is 359 g/mol. The molecule has 0 unspecified atom stereocenters. The number of carbonyl (C=O) groups excluding carboxylic acids is 2. The number of hydrogen-bond donors (Lipinski definition) is 0. The summed E-state index contributed by atoms with van der Waals surface area (Å²) >= 11 is 0. The van der Waals surface area contributed by atoms with Crippen LogP contribution in [0.25, 0.3) is 0 Å². The minimum absolute atomic E-state index is 0.0676. The Kier molecular flexibility index (Phi) is 6.36. The SMILES string of the molecule is CCOc1ccccc1N1CCN(C(=O)CN2CCCCCC2=O)CC1. The van der Waals surface area contributed by atoms with E-state index in [1.807, 2.05) is 30.0 Å². The van der Waals surface area contributed by atoms with Crippen LogP contribution >= 0.6 is 0 Å². The average molecular weight is 359 g/mol. The van der Waals surface area contributed by atoms with Gasteiger partial charge in [-0.3, -0.25) is 9.59 Å². The molecule has 6 nitrogen and oxygen atoms in total. The van der Waals surface area contributed by atoms with Crippen molar-refractivity contribution in [3.05, 3.63) is 24.3 Å². The maximum absolute atomic E-state index is 12.6. The highest BCUT2D eigenvalue weighted by Crippen LogP contribution is 2.28. The van der Waals surface area contributed by atoms with Crippen molar-refractivity contribution in [1.29, 1.82) is 0 Å². The van der Waals surface area contributed by atoms with Gasteiger partial charge in [-0.25, -0.2) is 0 Å². The molecule has 2 heterocycles. The van der Waals surface area contributed by atoms with Crippen LogP contribution in [0, 0.1) is 0 Å². The van der Waals surface area contributed by atoms with E-state index in [0.717, 1.165) is 43.8 Å². The van der Waals surface area contributed by atoms with E-state index in [1.165, 1.54) is 0 Å². The van der Waals surface area contributed by atoms with Gasteiger partial charge in [0.05, 0.1) is 18.8 Å². The Bertz CT molecular complexity index is 626. The van der Waals surface area contributed by atoms with Crippen molar-refractivity contribution in [2.75, 3.05) is 50.8 Å². The number of rotatable bonds is 5. The first kappa shape index (κ1) is 18.5. The fraction of sp³-hybridized carbons (Fsp3) is 0.600. The minimum Gasteiger partial charge on any atom is -0.492 e. The average Bonchev–Trinajstić information content (AvgIpc) is 2.87. The molecule has 0 bridgehead atoms. The van der Waals surface area contributed by atoms with Crippen LogP contribution in [0.15, 0.2) is 24.3 Å². The van der Waals surface area contributed by atoms with Gasteiger partial charge in [0, 0.05) is 39.1 Å². The van der Waals surface area contributed by atoms with Crippen molar-refractivity contribution >= 4 is 17.5 Å². The number of para-hydroxylation sites is 2. The molecule has 0 atom stereocenters. The van der Waals surface area contributed by atoms with Crippen LogP contribution in [0.1, 0.15) is 32.6 Å². The van der Waals surface area contributed by atoms with E-state index in [-0.39, 0.29) is 18.4 Å². The van der Waals surface area contributed by atoms with Crippen molar-refractivity contribution < 1.29 is 14.3 Å². The maximum atomic E-state index is 12.6. The summed E-state index contributed by atoms with van der Waals surface area (Å²) in [4.78, 5) is 30.6. The van der Waals surface area contributed by atoms with Crippen LogP contribution in [0.3, 0.4) is 0 Å². The van der Waals surface area contributed by atoms with Crippen molar-refractivity contribution in [2.24, 2.45) is 0 Å². The second-order valence-electron chi connectivity index (χ2n) is 6.89. The molecule has 1 aromatic rings. The van der Waals surface area contributed by atoms with Gasteiger partial charge in [0.15, 0.2) is 0 Å². The Morgan fingerprint density at radius 3 is 2.58 bits per heavy atom. The summed E-state index contributed by atoms with van der Waals surface area (Å²) in [6.07, 6.45) is 3.60. The molecule has 26 heavy (non-hydrogen) atoms. The molecule has 0 saturated carbocycles. The van der Waals surface area contributed by atoms with Crippen LogP contribution in [0.4, 0.5) is 5.69 Å². The summed E-state index contributed by atoms with van der Waals surface area (Å²) in [6, 6.07) is 8.05. The number of ether oxygens (including phenoxy) is 1. The summed E-state index contributed by atoms with van der Waals surface area (Å²) in [5, 5.41) is 0. The summed E-state index contributed by atoms with van der Waals surface area (Å²) < 4.78 is 5.72. The standard InChI is InChI=1S/C20H29N3O3/c1-2-26-18-9-6-5-8-17(18)21-12-14-22(15-13-21)20(25)16-23-11-7-3-4-10-19(23)24/h5-6,8-9H,2-4,7,10-16H2,1H3. The molecule has 0 spiro atoms. The lowest BCUT2D eigenvalue weighted by molar-refractivity contribution is -0.140. The second kappa shape index (κ2) is 8.92. The van der Waals surface area contributed by atoms with E-state index in [9.17, 15) is 9.59 Å². The van der Waals surface area contributed by atoms with E-state index in [1.54, 1.807) is 4.90 Å². The molecule has 0 aliphatic carbocycles. The van der Waals surface area contributed by atoms with Gasteiger partial charge in [0.1, 0.15) is 5.75 Å². The van der Waals surface area contributed by atoms with E-state index in [2.05, 4.69) is 11.0 Å². The third-order valence-electron chi connectivity index (χ3n) is 5.14. The third kappa shape index (κ3) is 4.48. The first-order valence-electron chi connectivity index (χ1n) is 9.71. The van der Waals surface area contributed by atoms with Crippen LogP contribution < -0.4 is 9.64 Å². The molecule has 2 amide bonds. The number of hydrogen-bond acceptors (Lipinski definition) is 4. The minimum atomic E-state index is 0.0676. The van der Waals surface area contributed by atoms with Crippen LogP contribution in [0.2, 0.25) is 0 Å². The largest absolute Gasteiger partial charge is 0.492 e. The number of likely N-dealkylation sites (tertiary alicyclic amines) is 1. The van der Waals surface area contributed by atoms with Gasteiger partial charge in [-0.05, 0) is 31.9 Å². The number of nitrogens with zero attached hydrogens (tertiary/aromatic N) is 3. The lowest BCUT2D eigenvalue weighted by Gasteiger charge is -2.37. The maximum Gasteiger partial charge on any atom is 0.242 e. The van der Waals surface area contributed by atoms with Gasteiger partial charge < -0.3 is 19.4 Å². The highest BCUT2D eigenvalue weighted by atomic mass is 16.5. The van der Waals surface area contributed by atoms with Gasteiger partial charge in [-0.15, -0.1) is 0 Å². The molecule has 1 aromatic carbocycles. The number of amides is 2. The van der Waals surface area contributed by atoms with Crippen molar-refractivity contribution in [1.82, 2.24) is 9.80 Å². The summed E-state index contributed by atoms with van der Waals surface area (Å²) in [5.41, 5.74) is 1.09. The molecule has 3 rings (SSSR count). The molecule has 0 aromatic heterocycles. The predicted molar refractivity (Wildman–Crippen MR) is 101 cm³/mol. The quantitative estimate of drug-likeness (QED) is 0.808. The van der Waals surface area contributed by atoms with E-state index < -0.39 is 0 Å². The number of carbonyl (C=O) groups is 2. The number of benzene rings is 1. The highest BCUT2D eigenvalue weighted by Gasteiger charge is 2.26. The lowest BCUT2D eigenvalue weighted by Crippen LogP contribution is -2.52. The Balaban J connectivity index is 1.55. The molecule has 0 radical (unpaired) electrons. The molecule has 2 saturated heterocycles.